The minimum absolute atomic E-state index is 0.624. The van der Waals surface area contributed by atoms with Crippen LogP contribution >= 0.6 is 0 Å². The average molecular weight is 799 g/mol. The molecule has 2 nitrogen and oxygen atoms in total. The molecule has 300 valence electrons. The van der Waals surface area contributed by atoms with Crippen molar-refractivity contribution < 1.29 is 0 Å². The molecule has 0 spiro atoms. The van der Waals surface area contributed by atoms with Crippen LogP contribution in [0.5, 0.6) is 0 Å². The number of anilines is 6. The SMILES string of the molecule is Cc1ccc(-c2ccccc2)cc1N(c1ccccc1)c1cc(N(c2ccccc2)c2cc(-c3ccccc3)ccc2C)c2ccc3cc(C4CCCCC4)cc4ccc1c2c43. The smallest absolute Gasteiger partial charge is 0.0561 e. The topological polar surface area (TPSA) is 6.48 Å². The van der Waals surface area contributed by atoms with Gasteiger partial charge in [0.15, 0.2) is 0 Å². The summed E-state index contributed by atoms with van der Waals surface area (Å²) in [5, 5.41) is 7.77. The Labute approximate surface area is 365 Å². The van der Waals surface area contributed by atoms with Crippen molar-refractivity contribution in [1.82, 2.24) is 0 Å². The second-order valence-corrected chi connectivity index (χ2v) is 17.3. The van der Waals surface area contributed by atoms with Crippen LogP contribution in [0.25, 0.3) is 54.6 Å². The highest BCUT2D eigenvalue weighted by atomic mass is 15.2. The summed E-state index contributed by atoms with van der Waals surface area (Å²) < 4.78 is 0. The summed E-state index contributed by atoms with van der Waals surface area (Å²) in [6.45, 7) is 4.50. The van der Waals surface area contributed by atoms with Crippen LogP contribution in [-0.2, 0) is 0 Å². The van der Waals surface area contributed by atoms with Crippen LogP contribution in [0.2, 0.25) is 0 Å². The van der Waals surface area contributed by atoms with Crippen LogP contribution < -0.4 is 9.80 Å². The number of hydrogen-bond acceptors (Lipinski definition) is 2. The Hall–Kier alpha value is -7.16. The Kier molecular flexibility index (Phi) is 9.78. The molecule has 0 bridgehead atoms. The lowest BCUT2D eigenvalue weighted by Crippen LogP contribution is -2.16. The summed E-state index contributed by atoms with van der Waals surface area (Å²) in [4.78, 5) is 5.03. The van der Waals surface area contributed by atoms with E-state index in [0.717, 1.165) is 34.1 Å². The molecule has 1 saturated carbocycles. The zero-order valence-electron chi connectivity index (χ0n) is 35.6. The molecule has 0 heterocycles. The van der Waals surface area contributed by atoms with E-state index in [1.54, 1.807) is 0 Å². The Morgan fingerprint density at radius 1 is 0.355 bits per heavy atom. The number of rotatable bonds is 9. The molecule has 0 N–H and O–H groups in total. The molecule has 1 aliphatic rings. The maximum atomic E-state index is 2.52. The first-order valence-corrected chi connectivity index (χ1v) is 22.4. The van der Waals surface area contributed by atoms with Gasteiger partial charge in [0.1, 0.15) is 0 Å². The molecular formula is C60H50N2. The lowest BCUT2D eigenvalue weighted by molar-refractivity contribution is 0.444. The minimum Gasteiger partial charge on any atom is -0.310 e. The van der Waals surface area contributed by atoms with Gasteiger partial charge < -0.3 is 9.80 Å². The normalized spacial score (nSPS) is 13.3. The van der Waals surface area contributed by atoms with E-state index in [0.29, 0.717) is 5.92 Å². The van der Waals surface area contributed by atoms with Gasteiger partial charge in [-0.15, -0.1) is 0 Å². The average Bonchev–Trinajstić information content (AvgIpc) is 3.34. The van der Waals surface area contributed by atoms with E-state index in [-0.39, 0.29) is 0 Å². The van der Waals surface area contributed by atoms with E-state index in [9.17, 15) is 0 Å². The van der Waals surface area contributed by atoms with Crippen molar-refractivity contribution in [2.45, 2.75) is 51.9 Å². The zero-order chi connectivity index (χ0) is 41.6. The van der Waals surface area contributed by atoms with Crippen molar-refractivity contribution in [2.75, 3.05) is 9.80 Å². The molecule has 0 atom stereocenters. The maximum absolute atomic E-state index is 2.52. The predicted molar refractivity (Wildman–Crippen MR) is 266 cm³/mol. The standard InChI is InChI=1S/C60H50N2/c1-41-28-30-46(43-18-8-3-9-19-43)38-55(41)61(51-24-14-6-15-25-51)57-40-58(62(52-26-16-7-17-27-52)56-39-47(31-29-42(56)2)44-20-10-4-11-21-44)54-35-33-49-37-50(45-22-12-5-13-23-45)36-48-32-34-53(57)60(54)59(48)49/h3-4,6-11,14-21,24-40,45H,5,12-13,22-23H2,1-2H3. The van der Waals surface area contributed by atoms with Crippen LogP contribution in [0.4, 0.5) is 34.1 Å². The van der Waals surface area contributed by atoms with Gasteiger partial charge in [0, 0.05) is 38.9 Å². The van der Waals surface area contributed by atoms with Gasteiger partial charge in [-0.3, -0.25) is 0 Å². The lowest BCUT2D eigenvalue weighted by atomic mass is 9.82. The van der Waals surface area contributed by atoms with Crippen molar-refractivity contribution in [1.29, 1.82) is 0 Å². The van der Waals surface area contributed by atoms with Crippen molar-refractivity contribution in [3.8, 4) is 22.3 Å². The first-order chi connectivity index (χ1) is 30.6. The van der Waals surface area contributed by atoms with Crippen molar-refractivity contribution in [3.05, 3.63) is 217 Å². The lowest BCUT2D eigenvalue weighted by Gasteiger charge is -2.34. The van der Waals surface area contributed by atoms with Crippen molar-refractivity contribution in [2.24, 2.45) is 0 Å². The quantitative estimate of drug-likeness (QED) is 0.134. The van der Waals surface area contributed by atoms with Crippen molar-refractivity contribution in [3.63, 3.8) is 0 Å². The predicted octanol–water partition coefficient (Wildman–Crippen LogP) is 17.5. The second-order valence-electron chi connectivity index (χ2n) is 17.3. The summed E-state index contributed by atoms with van der Waals surface area (Å²) in [7, 11) is 0. The van der Waals surface area contributed by atoms with Gasteiger partial charge in [-0.05, 0) is 130 Å². The van der Waals surface area contributed by atoms with Crippen LogP contribution in [0.3, 0.4) is 0 Å². The third-order valence-electron chi connectivity index (χ3n) is 13.4. The molecule has 2 heteroatoms. The molecule has 0 unspecified atom stereocenters. The fourth-order valence-electron chi connectivity index (χ4n) is 10.2. The van der Waals surface area contributed by atoms with Crippen molar-refractivity contribution >= 4 is 66.4 Å². The second kappa shape index (κ2) is 16.0. The third kappa shape index (κ3) is 6.77. The van der Waals surface area contributed by atoms with Gasteiger partial charge in [-0.25, -0.2) is 0 Å². The van der Waals surface area contributed by atoms with E-state index in [1.807, 2.05) is 0 Å². The highest BCUT2D eigenvalue weighted by molar-refractivity contribution is 6.29. The molecule has 10 aromatic carbocycles. The van der Waals surface area contributed by atoms with E-state index >= 15 is 0 Å². The zero-order valence-corrected chi connectivity index (χ0v) is 35.6. The molecule has 0 radical (unpaired) electrons. The highest BCUT2D eigenvalue weighted by Crippen LogP contribution is 2.52. The first kappa shape index (κ1) is 37.8. The summed E-state index contributed by atoms with van der Waals surface area (Å²) in [6, 6.07) is 74.4. The third-order valence-corrected chi connectivity index (χ3v) is 13.4. The van der Waals surface area contributed by atoms with Gasteiger partial charge in [-0.2, -0.15) is 0 Å². The van der Waals surface area contributed by atoms with Gasteiger partial charge in [0.05, 0.1) is 11.4 Å². The molecule has 1 aliphatic carbocycles. The Bertz CT molecular complexity index is 2970. The summed E-state index contributed by atoms with van der Waals surface area (Å²) in [5.41, 5.74) is 15.6. The van der Waals surface area contributed by atoms with E-state index in [4.69, 9.17) is 0 Å². The fourth-order valence-corrected chi connectivity index (χ4v) is 10.2. The number of para-hydroxylation sites is 2. The fraction of sp³-hybridized carbons (Fsp3) is 0.133. The monoisotopic (exact) mass is 798 g/mol. The summed E-state index contributed by atoms with van der Waals surface area (Å²) in [5.74, 6) is 0.624. The number of nitrogens with zero attached hydrogens (tertiary/aromatic N) is 2. The minimum atomic E-state index is 0.624. The summed E-state index contributed by atoms with van der Waals surface area (Å²) >= 11 is 0. The van der Waals surface area contributed by atoms with Crippen LogP contribution in [0.15, 0.2) is 200 Å². The molecule has 11 rings (SSSR count). The number of aryl methyl sites for hydroxylation is 2. The van der Waals surface area contributed by atoms with E-state index in [2.05, 4.69) is 224 Å². The van der Waals surface area contributed by atoms with Crippen LogP contribution in [0, 0.1) is 13.8 Å². The van der Waals surface area contributed by atoms with Gasteiger partial charge in [0.2, 0.25) is 0 Å². The maximum Gasteiger partial charge on any atom is 0.0561 e. The first-order valence-electron chi connectivity index (χ1n) is 22.4. The molecular weight excluding hydrogens is 749 g/mol. The highest BCUT2D eigenvalue weighted by Gasteiger charge is 2.27. The number of benzene rings is 10. The molecule has 0 saturated heterocycles. The molecule has 10 aromatic rings. The molecule has 1 fully saturated rings. The Morgan fingerprint density at radius 3 is 1.24 bits per heavy atom. The molecule has 0 aromatic heterocycles. The Balaban J connectivity index is 1.24. The van der Waals surface area contributed by atoms with E-state index < -0.39 is 0 Å². The van der Waals surface area contributed by atoms with Gasteiger partial charge in [0.25, 0.3) is 0 Å². The van der Waals surface area contributed by atoms with Gasteiger partial charge in [-0.1, -0.05) is 177 Å². The summed E-state index contributed by atoms with van der Waals surface area (Å²) in [6.07, 6.45) is 6.56. The molecule has 62 heavy (non-hydrogen) atoms. The van der Waals surface area contributed by atoms with Crippen LogP contribution in [0.1, 0.15) is 54.7 Å². The number of hydrogen-bond donors (Lipinski definition) is 0. The van der Waals surface area contributed by atoms with Crippen LogP contribution in [-0.4, -0.2) is 0 Å². The Morgan fingerprint density at radius 2 is 0.790 bits per heavy atom. The van der Waals surface area contributed by atoms with E-state index in [1.165, 1.54) is 103 Å². The molecule has 0 aliphatic heterocycles. The van der Waals surface area contributed by atoms with Gasteiger partial charge >= 0.3 is 0 Å². The molecule has 0 amide bonds. The largest absolute Gasteiger partial charge is 0.310 e.